The van der Waals surface area contributed by atoms with E-state index in [1.807, 2.05) is 25.7 Å². The second kappa shape index (κ2) is 5.59. The summed E-state index contributed by atoms with van der Waals surface area (Å²) in [6.07, 6.45) is 2.25. The van der Waals surface area contributed by atoms with Gasteiger partial charge in [-0.05, 0) is 26.3 Å². The Bertz CT molecular complexity index is 419. The molecular weight excluding hydrogens is 250 g/mol. The minimum absolute atomic E-state index is 0.265. The number of nitrogens with one attached hydrogen (secondary N) is 1. The molecule has 1 saturated heterocycles. The highest BCUT2D eigenvalue weighted by Crippen LogP contribution is 2.27. The zero-order chi connectivity index (χ0) is 13.3. The van der Waals surface area contributed by atoms with E-state index in [-0.39, 0.29) is 12.1 Å². The summed E-state index contributed by atoms with van der Waals surface area (Å²) in [7, 11) is 3.93. The molecule has 1 aromatic heterocycles. The van der Waals surface area contributed by atoms with E-state index in [1.54, 1.807) is 0 Å². The van der Waals surface area contributed by atoms with Crippen LogP contribution in [0.25, 0.3) is 0 Å². The van der Waals surface area contributed by atoms with Crippen LogP contribution in [0, 0.1) is 12.8 Å². The highest BCUT2D eigenvalue weighted by molar-refractivity contribution is 6.31. The van der Waals surface area contributed by atoms with Crippen LogP contribution >= 0.6 is 11.6 Å². The van der Waals surface area contributed by atoms with Gasteiger partial charge in [-0.1, -0.05) is 18.5 Å². The molecule has 18 heavy (non-hydrogen) atoms. The SMILES string of the molecule is CNC(Cc1c(Cl)c(C)nn1C)C1OCCC1C. The topological polar surface area (TPSA) is 39.1 Å². The quantitative estimate of drug-likeness (QED) is 0.910. The molecule has 2 heterocycles. The van der Waals surface area contributed by atoms with E-state index in [4.69, 9.17) is 16.3 Å². The van der Waals surface area contributed by atoms with Crippen LogP contribution in [0.1, 0.15) is 24.7 Å². The van der Waals surface area contributed by atoms with Crippen molar-refractivity contribution in [2.75, 3.05) is 13.7 Å². The van der Waals surface area contributed by atoms with E-state index in [1.165, 1.54) is 0 Å². The molecular formula is C13H22ClN3O. The first-order valence-electron chi connectivity index (χ1n) is 6.51. The molecule has 1 aromatic rings. The van der Waals surface area contributed by atoms with Crippen LogP contribution in [0.3, 0.4) is 0 Å². The fourth-order valence-corrected chi connectivity index (χ4v) is 2.96. The minimum atomic E-state index is 0.265. The maximum absolute atomic E-state index is 6.31. The van der Waals surface area contributed by atoms with Gasteiger partial charge in [0.25, 0.3) is 0 Å². The molecule has 3 unspecified atom stereocenters. The van der Waals surface area contributed by atoms with Crippen LogP contribution in [0.2, 0.25) is 5.02 Å². The molecule has 3 atom stereocenters. The van der Waals surface area contributed by atoms with Crippen molar-refractivity contribution in [2.45, 2.75) is 38.8 Å². The van der Waals surface area contributed by atoms with Crippen LogP contribution in [-0.4, -0.2) is 35.6 Å². The lowest BCUT2D eigenvalue weighted by Gasteiger charge is -2.25. The maximum atomic E-state index is 6.31. The largest absolute Gasteiger partial charge is 0.376 e. The van der Waals surface area contributed by atoms with E-state index in [2.05, 4.69) is 17.3 Å². The van der Waals surface area contributed by atoms with Gasteiger partial charge in [0.15, 0.2) is 0 Å². The molecule has 0 aliphatic carbocycles. The first-order valence-corrected chi connectivity index (χ1v) is 6.89. The van der Waals surface area contributed by atoms with Gasteiger partial charge in [0.1, 0.15) is 0 Å². The summed E-state index contributed by atoms with van der Waals surface area (Å²) in [6.45, 7) is 5.05. The molecule has 1 N–H and O–H groups in total. The Kier molecular flexibility index (Phi) is 4.30. The average molecular weight is 272 g/mol. The number of aromatic nitrogens is 2. The van der Waals surface area contributed by atoms with Crippen LogP contribution in [0.15, 0.2) is 0 Å². The van der Waals surface area contributed by atoms with E-state index in [0.29, 0.717) is 5.92 Å². The number of halogens is 1. The Morgan fingerprint density at radius 3 is 2.78 bits per heavy atom. The highest BCUT2D eigenvalue weighted by atomic mass is 35.5. The van der Waals surface area contributed by atoms with Crippen LogP contribution in [0.5, 0.6) is 0 Å². The monoisotopic (exact) mass is 271 g/mol. The summed E-state index contributed by atoms with van der Waals surface area (Å²) < 4.78 is 7.72. The van der Waals surface area contributed by atoms with Gasteiger partial charge in [-0.25, -0.2) is 0 Å². The summed E-state index contributed by atoms with van der Waals surface area (Å²) in [6, 6.07) is 0.287. The third-order valence-electron chi connectivity index (χ3n) is 3.89. The standard InChI is InChI=1S/C13H22ClN3O/c1-8-5-6-18-13(8)10(15-3)7-11-12(14)9(2)16-17(11)4/h8,10,13,15H,5-7H2,1-4H3. The second-order valence-electron chi connectivity index (χ2n) is 5.17. The zero-order valence-corrected chi connectivity index (χ0v) is 12.3. The molecule has 5 heteroatoms. The van der Waals surface area contributed by atoms with Crippen molar-refractivity contribution in [1.82, 2.24) is 15.1 Å². The minimum Gasteiger partial charge on any atom is -0.376 e. The third kappa shape index (κ3) is 2.56. The van der Waals surface area contributed by atoms with Crippen molar-refractivity contribution in [3.8, 4) is 0 Å². The lowest BCUT2D eigenvalue weighted by Crippen LogP contribution is -2.42. The van der Waals surface area contributed by atoms with Crippen molar-refractivity contribution in [3.63, 3.8) is 0 Å². The lowest BCUT2D eigenvalue weighted by molar-refractivity contribution is 0.0628. The lowest BCUT2D eigenvalue weighted by atomic mass is 9.94. The van der Waals surface area contributed by atoms with Gasteiger partial charge in [-0.15, -0.1) is 0 Å². The van der Waals surface area contributed by atoms with E-state index in [9.17, 15) is 0 Å². The number of nitrogens with zero attached hydrogens (tertiary/aromatic N) is 2. The first kappa shape index (κ1) is 13.8. The van der Waals surface area contributed by atoms with E-state index < -0.39 is 0 Å². The van der Waals surface area contributed by atoms with Crippen molar-refractivity contribution >= 4 is 11.6 Å². The van der Waals surface area contributed by atoms with Crippen molar-refractivity contribution in [3.05, 3.63) is 16.4 Å². The molecule has 0 amide bonds. The van der Waals surface area contributed by atoms with Crippen LogP contribution in [0.4, 0.5) is 0 Å². The Labute approximate surface area is 114 Å². The molecule has 102 valence electrons. The molecule has 0 aromatic carbocycles. The van der Waals surface area contributed by atoms with Crippen molar-refractivity contribution in [1.29, 1.82) is 0 Å². The number of likely N-dealkylation sites (N-methyl/N-ethyl adjacent to an activating group) is 1. The molecule has 0 spiro atoms. The van der Waals surface area contributed by atoms with Crippen LogP contribution < -0.4 is 5.32 Å². The summed E-state index contributed by atoms with van der Waals surface area (Å²) in [5, 5.41) is 8.50. The van der Waals surface area contributed by atoms with E-state index >= 15 is 0 Å². The number of hydrogen-bond donors (Lipinski definition) is 1. The molecule has 0 saturated carbocycles. The molecule has 1 aliphatic heterocycles. The molecule has 0 radical (unpaired) electrons. The summed E-state index contributed by atoms with van der Waals surface area (Å²) in [5.41, 5.74) is 1.97. The van der Waals surface area contributed by atoms with Gasteiger partial charge in [-0.3, -0.25) is 4.68 Å². The second-order valence-corrected chi connectivity index (χ2v) is 5.55. The molecule has 1 aliphatic rings. The number of ether oxygens (including phenoxy) is 1. The van der Waals surface area contributed by atoms with Gasteiger partial charge < -0.3 is 10.1 Å². The van der Waals surface area contributed by atoms with Gasteiger partial charge in [-0.2, -0.15) is 5.10 Å². The van der Waals surface area contributed by atoms with Crippen LogP contribution in [-0.2, 0) is 18.2 Å². The highest BCUT2D eigenvalue weighted by Gasteiger charge is 2.32. The summed E-state index contributed by atoms with van der Waals surface area (Å²) >= 11 is 6.31. The molecule has 1 fully saturated rings. The number of aryl methyl sites for hydroxylation is 2. The summed E-state index contributed by atoms with van der Waals surface area (Å²) in [5.74, 6) is 0.593. The van der Waals surface area contributed by atoms with Crippen molar-refractivity contribution in [2.24, 2.45) is 13.0 Å². The average Bonchev–Trinajstić information content (AvgIpc) is 2.84. The maximum Gasteiger partial charge on any atom is 0.0847 e. The zero-order valence-electron chi connectivity index (χ0n) is 11.5. The Morgan fingerprint density at radius 2 is 2.33 bits per heavy atom. The third-order valence-corrected chi connectivity index (χ3v) is 4.38. The predicted molar refractivity (Wildman–Crippen MR) is 73.0 cm³/mol. The van der Waals surface area contributed by atoms with Gasteiger partial charge in [0.2, 0.25) is 0 Å². The number of rotatable bonds is 4. The van der Waals surface area contributed by atoms with E-state index in [0.717, 1.165) is 35.9 Å². The molecule has 4 nitrogen and oxygen atoms in total. The Hall–Kier alpha value is -0.580. The predicted octanol–water partition coefficient (Wildman–Crippen LogP) is 1.94. The fraction of sp³-hybridized carbons (Fsp3) is 0.769. The Morgan fingerprint density at radius 1 is 1.61 bits per heavy atom. The molecule has 0 bridgehead atoms. The Balaban J connectivity index is 2.15. The first-order chi connectivity index (χ1) is 8.54. The number of hydrogen-bond acceptors (Lipinski definition) is 3. The van der Waals surface area contributed by atoms with Gasteiger partial charge >= 0.3 is 0 Å². The smallest absolute Gasteiger partial charge is 0.0847 e. The fourth-order valence-electron chi connectivity index (χ4n) is 2.72. The normalized spacial score (nSPS) is 25.6. The van der Waals surface area contributed by atoms with Crippen molar-refractivity contribution < 1.29 is 4.74 Å². The molecule has 2 rings (SSSR count). The van der Waals surface area contributed by atoms with Gasteiger partial charge in [0.05, 0.1) is 22.5 Å². The summed E-state index contributed by atoms with van der Waals surface area (Å²) in [4.78, 5) is 0. The van der Waals surface area contributed by atoms with Gasteiger partial charge in [0, 0.05) is 26.1 Å².